The zero-order valence-electron chi connectivity index (χ0n) is 17.6. The van der Waals surface area contributed by atoms with Crippen LogP contribution in [0.1, 0.15) is 23.7 Å². The number of benzene rings is 2. The van der Waals surface area contributed by atoms with Gasteiger partial charge in [0.2, 0.25) is 5.75 Å². The van der Waals surface area contributed by atoms with Crippen molar-refractivity contribution >= 4 is 0 Å². The van der Waals surface area contributed by atoms with Gasteiger partial charge in [0.15, 0.2) is 11.5 Å². The van der Waals surface area contributed by atoms with Gasteiger partial charge in [-0.1, -0.05) is 36.4 Å². The lowest BCUT2D eigenvalue weighted by atomic mass is 10.1. The van der Waals surface area contributed by atoms with Gasteiger partial charge in [-0.15, -0.1) is 0 Å². The molecule has 0 spiro atoms. The van der Waals surface area contributed by atoms with Crippen molar-refractivity contribution in [1.29, 1.82) is 0 Å². The van der Waals surface area contributed by atoms with Gasteiger partial charge in [-0.3, -0.25) is 4.90 Å². The minimum absolute atomic E-state index is 0.398. The van der Waals surface area contributed by atoms with Crippen molar-refractivity contribution in [1.82, 2.24) is 9.80 Å². The summed E-state index contributed by atoms with van der Waals surface area (Å²) in [5.74, 6) is 2.05. The molecule has 1 N–H and O–H groups in total. The predicted octanol–water partition coefficient (Wildman–Crippen LogP) is 2.95. The van der Waals surface area contributed by atoms with E-state index in [-0.39, 0.29) is 0 Å². The third-order valence-corrected chi connectivity index (χ3v) is 5.55. The molecule has 29 heavy (non-hydrogen) atoms. The number of hydrogen-bond donors (Lipinski definition) is 1. The van der Waals surface area contributed by atoms with Crippen molar-refractivity contribution in [3.05, 3.63) is 53.6 Å². The van der Waals surface area contributed by atoms with Gasteiger partial charge >= 0.3 is 0 Å². The van der Waals surface area contributed by atoms with Gasteiger partial charge in [0.25, 0.3) is 0 Å². The molecular formula is C23H32N2O4. The average Bonchev–Trinajstić information content (AvgIpc) is 2.78. The molecule has 0 saturated carbocycles. The molecule has 1 saturated heterocycles. The van der Waals surface area contributed by atoms with Crippen molar-refractivity contribution in [2.45, 2.75) is 19.1 Å². The second kappa shape index (κ2) is 10.5. The van der Waals surface area contributed by atoms with Crippen LogP contribution in [0.2, 0.25) is 0 Å². The molecule has 1 fully saturated rings. The Morgan fingerprint density at radius 1 is 0.828 bits per heavy atom. The van der Waals surface area contributed by atoms with Crippen molar-refractivity contribution in [3.63, 3.8) is 0 Å². The molecule has 1 unspecified atom stereocenters. The van der Waals surface area contributed by atoms with E-state index in [0.717, 1.165) is 62.6 Å². The van der Waals surface area contributed by atoms with Gasteiger partial charge in [0, 0.05) is 44.8 Å². The van der Waals surface area contributed by atoms with Crippen LogP contribution in [0, 0.1) is 0 Å². The molecular weight excluding hydrogens is 368 g/mol. The molecule has 0 bridgehead atoms. The zero-order chi connectivity index (χ0) is 20.6. The fraction of sp³-hybridized carbons (Fsp3) is 0.478. The SMILES string of the molecule is COc1ccc(CN2CCN(CCC(O)c3ccccc3)CC2)c(OC)c1OC. The van der Waals surface area contributed by atoms with Crippen LogP contribution in [0.3, 0.4) is 0 Å². The molecule has 2 aromatic rings. The van der Waals surface area contributed by atoms with Crippen LogP contribution >= 0.6 is 0 Å². The molecule has 0 radical (unpaired) electrons. The van der Waals surface area contributed by atoms with Crippen LogP contribution in [0.4, 0.5) is 0 Å². The fourth-order valence-electron chi connectivity index (χ4n) is 3.85. The number of rotatable bonds is 9. The van der Waals surface area contributed by atoms with E-state index in [9.17, 15) is 5.11 Å². The second-order valence-electron chi connectivity index (χ2n) is 7.33. The molecule has 1 atom stereocenters. The zero-order valence-corrected chi connectivity index (χ0v) is 17.6. The minimum atomic E-state index is -0.398. The van der Waals surface area contributed by atoms with Crippen molar-refractivity contribution in [2.24, 2.45) is 0 Å². The number of aliphatic hydroxyl groups excluding tert-OH is 1. The van der Waals surface area contributed by atoms with Crippen LogP contribution in [0.5, 0.6) is 17.2 Å². The highest BCUT2D eigenvalue weighted by molar-refractivity contribution is 5.55. The highest BCUT2D eigenvalue weighted by Gasteiger charge is 2.21. The lowest BCUT2D eigenvalue weighted by Crippen LogP contribution is -2.46. The first kappa shape index (κ1) is 21.4. The summed E-state index contributed by atoms with van der Waals surface area (Å²) in [4.78, 5) is 4.85. The van der Waals surface area contributed by atoms with E-state index in [1.165, 1.54) is 0 Å². The maximum Gasteiger partial charge on any atom is 0.203 e. The van der Waals surface area contributed by atoms with Gasteiger partial charge in [-0.2, -0.15) is 0 Å². The Labute approximate surface area is 173 Å². The number of hydrogen-bond acceptors (Lipinski definition) is 6. The average molecular weight is 401 g/mol. The lowest BCUT2D eigenvalue weighted by molar-refractivity contribution is 0.0988. The Morgan fingerprint density at radius 3 is 2.10 bits per heavy atom. The van der Waals surface area contributed by atoms with E-state index in [2.05, 4.69) is 9.80 Å². The molecule has 1 aliphatic heterocycles. The predicted molar refractivity (Wildman–Crippen MR) is 114 cm³/mol. The van der Waals surface area contributed by atoms with Crippen molar-refractivity contribution in [2.75, 3.05) is 54.1 Å². The lowest BCUT2D eigenvalue weighted by Gasteiger charge is -2.35. The fourth-order valence-corrected chi connectivity index (χ4v) is 3.85. The maximum atomic E-state index is 10.4. The Kier molecular flexibility index (Phi) is 7.75. The largest absolute Gasteiger partial charge is 0.493 e. The summed E-state index contributed by atoms with van der Waals surface area (Å²) in [7, 11) is 4.93. The highest BCUT2D eigenvalue weighted by Crippen LogP contribution is 2.40. The summed E-state index contributed by atoms with van der Waals surface area (Å²) in [5.41, 5.74) is 2.09. The molecule has 0 aliphatic carbocycles. The topological polar surface area (TPSA) is 54.4 Å². The summed E-state index contributed by atoms with van der Waals surface area (Å²) in [6.07, 6.45) is 0.360. The van der Waals surface area contributed by atoms with Crippen LogP contribution in [-0.2, 0) is 6.54 Å². The third-order valence-electron chi connectivity index (χ3n) is 5.55. The van der Waals surface area contributed by atoms with Gasteiger partial charge in [-0.05, 0) is 18.1 Å². The summed E-state index contributed by atoms with van der Waals surface area (Å²) in [5, 5.41) is 10.4. The normalized spacial score (nSPS) is 16.4. The molecule has 1 heterocycles. The van der Waals surface area contributed by atoms with Gasteiger partial charge in [0.1, 0.15) is 0 Å². The first-order valence-corrected chi connectivity index (χ1v) is 10.1. The number of aliphatic hydroxyl groups is 1. The number of methoxy groups -OCH3 is 3. The van der Waals surface area contributed by atoms with Crippen LogP contribution in [0.15, 0.2) is 42.5 Å². The van der Waals surface area contributed by atoms with Gasteiger partial charge in [0.05, 0.1) is 27.4 Å². The third kappa shape index (κ3) is 5.41. The Morgan fingerprint density at radius 2 is 1.48 bits per heavy atom. The van der Waals surface area contributed by atoms with Crippen molar-refractivity contribution < 1.29 is 19.3 Å². The summed E-state index contributed by atoms with van der Waals surface area (Å²) in [6.45, 7) is 5.68. The number of nitrogens with zero attached hydrogens (tertiary/aromatic N) is 2. The molecule has 0 amide bonds. The molecule has 0 aromatic heterocycles. The Hall–Kier alpha value is -2.28. The Balaban J connectivity index is 1.51. The van der Waals surface area contributed by atoms with Crippen LogP contribution < -0.4 is 14.2 Å². The first-order chi connectivity index (χ1) is 14.2. The minimum Gasteiger partial charge on any atom is -0.493 e. The van der Waals surface area contributed by atoms with E-state index in [1.807, 2.05) is 42.5 Å². The Bertz CT molecular complexity index is 761. The molecule has 1 aliphatic rings. The molecule has 3 rings (SSSR count). The first-order valence-electron chi connectivity index (χ1n) is 10.1. The molecule has 6 nitrogen and oxygen atoms in total. The van der Waals surface area contributed by atoms with E-state index < -0.39 is 6.10 Å². The van der Waals surface area contributed by atoms with E-state index in [4.69, 9.17) is 14.2 Å². The smallest absolute Gasteiger partial charge is 0.203 e. The van der Waals surface area contributed by atoms with E-state index in [1.54, 1.807) is 21.3 Å². The number of piperazine rings is 1. The van der Waals surface area contributed by atoms with Crippen LogP contribution in [-0.4, -0.2) is 69.0 Å². The van der Waals surface area contributed by atoms with E-state index >= 15 is 0 Å². The number of ether oxygens (including phenoxy) is 3. The van der Waals surface area contributed by atoms with Crippen molar-refractivity contribution in [3.8, 4) is 17.2 Å². The maximum absolute atomic E-state index is 10.4. The summed E-state index contributed by atoms with van der Waals surface area (Å²) >= 11 is 0. The summed E-state index contributed by atoms with van der Waals surface area (Å²) < 4.78 is 16.5. The monoisotopic (exact) mass is 400 g/mol. The van der Waals surface area contributed by atoms with Crippen LogP contribution in [0.25, 0.3) is 0 Å². The highest BCUT2D eigenvalue weighted by atomic mass is 16.5. The quantitative estimate of drug-likeness (QED) is 0.699. The molecule has 6 heteroatoms. The van der Waals surface area contributed by atoms with E-state index in [0.29, 0.717) is 11.5 Å². The van der Waals surface area contributed by atoms with Gasteiger partial charge in [-0.25, -0.2) is 0 Å². The van der Waals surface area contributed by atoms with Gasteiger partial charge < -0.3 is 24.2 Å². The molecule has 158 valence electrons. The standard InChI is InChI=1S/C23H32N2O4/c1-27-21-10-9-19(22(28-2)23(21)29-3)17-25-15-13-24(14-16-25)12-11-20(26)18-7-5-4-6-8-18/h4-10,20,26H,11-17H2,1-3H3. The molecule has 2 aromatic carbocycles. The summed E-state index contributed by atoms with van der Waals surface area (Å²) in [6, 6.07) is 13.9. The second-order valence-corrected chi connectivity index (χ2v) is 7.33.